The fraction of sp³-hybridized carbons (Fsp3) is 0.923. The molecule has 0 spiro atoms. The van der Waals surface area contributed by atoms with Crippen molar-refractivity contribution in [1.29, 1.82) is 0 Å². The van der Waals surface area contributed by atoms with E-state index >= 15 is 0 Å². The molecule has 4 nitrogen and oxygen atoms in total. The van der Waals surface area contributed by atoms with Gasteiger partial charge in [-0.3, -0.25) is 9.69 Å². The maximum absolute atomic E-state index is 11.8. The van der Waals surface area contributed by atoms with E-state index in [1.807, 2.05) is 6.92 Å². The summed E-state index contributed by atoms with van der Waals surface area (Å²) in [6, 6.07) is 0.385. The van der Waals surface area contributed by atoms with E-state index in [-0.39, 0.29) is 12.0 Å². The lowest BCUT2D eigenvalue weighted by atomic mass is 10.1. The number of nitrogens with zero attached hydrogens (tertiary/aromatic N) is 1. The van der Waals surface area contributed by atoms with Crippen molar-refractivity contribution in [2.45, 2.75) is 51.1 Å². The molecule has 1 saturated carbocycles. The van der Waals surface area contributed by atoms with Gasteiger partial charge in [0.1, 0.15) is 6.04 Å². The van der Waals surface area contributed by atoms with Crippen molar-refractivity contribution in [1.82, 2.24) is 4.90 Å². The van der Waals surface area contributed by atoms with Crippen molar-refractivity contribution in [2.24, 2.45) is 11.7 Å². The molecule has 2 N–H and O–H groups in total. The monoisotopic (exact) mass is 240 g/mol. The van der Waals surface area contributed by atoms with E-state index in [1.165, 1.54) is 6.42 Å². The minimum absolute atomic E-state index is 0.00627. The second-order valence-corrected chi connectivity index (χ2v) is 5.34. The van der Waals surface area contributed by atoms with Crippen LogP contribution >= 0.6 is 0 Å². The van der Waals surface area contributed by atoms with Gasteiger partial charge in [0.05, 0.1) is 6.61 Å². The number of carbonyl (C=O) groups excluding carboxylic acids is 1. The van der Waals surface area contributed by atoms with Crippen LogP contribution in [-0.4, -0.2) is 42.6 Å². The molecule has 1 aliphatic heterocycles. The molecular weight excluding hydrogens is 216 g/mol. The lowest BCUT2D eigenvalue weighted by molar-refractivity contribution is -0.148. The molecule has 0 aromatic rings. The summed E-state index contributed by atoms with van der Waals surface area (Å²) < 4.78 is 5.14. The number of rotatable bonds is 4. The minimum Gasteiger partial charge on any atom is -0.465 e. The van der Waals surface area contributed by atoms with E-state index in [0.29, 0.717) is 18.6 Å². The SMILES string of the molecule is CCOC(=O)C1CCCN1CC1CCC(N)C1. The molecule has 0 radical (unpaired) electrons. The van der Waals surface area contributed by atoms with Gasteiger partial charge in [0.25, 0.3) is 0 Å². The van der Waals surface area contributed by atoms with Gasteiger partial charge in [-0.25, -0.2) is 0 Å². The van der Waals surface area contributed by atoms with E-state index < -0.39 is 0 Å². The smallest absolute Gasteiger partial charge is 0.323 e. The van der Waals surface area contributed by atoms with Gasteiger partial charge >= 0.3 is 5.97 Å². The van der Waals surface area contributed by atoms with E-state index in [1.54, 1.807) is 0 Å². The predicted molar refractivity (Wildman–Crippen MR) is 66.5 cm³/mol. The molecule has 2 aliphatic rings. The molecule has 17 heavy (non-hydrogen) atoms. The van der Waals surface area contributed by atoms with Gasteiger partial charge in [-0.2, -0.15) is 0 Å². The van der Waals surface area contributed by atoms with Crippen molar-refractivity contribution in [2.75, 3.05) is 19.7 Å². The zero-order valence-corrected chi connectivity index (χ0v) is 10.7. The lowest BCUT2D eigenvalue weighted by Crippen LogP contribution is -2.40. The number of carbonyl (C=O) groups is 1. The van der Waals surface area contributed by atoms with Gasteiger partial charge in [-0.1, -0.05) is 0 Å². The quantitative estimate of drug-likeness (QED) is 0.749. The number of likely N-dealkylation sites (tertiary alicyclic amines) is 1. The Labute approximate surface area is 103 Å². The van der Waals surface area contributed by atoms with Crippen LogP contribution < -0.4 is 5.73 Å². The number of hydrogen-bond acceptors (Lipinski definition) is 4. The van der Waals surface area contributed by atoms with Crippen molar-refractivity contribution < 1.29 is 9.53 Å². The highest BCUT2D eigenvalue weighted by molar-refractivity contribution is 5.76. The van der Waals surface area contributed by atoms with Gasteiger partial charge < -0.3 is 10.5 Å². The third-order valence-corrected chi connectivity index (χ3v) is 4.00. The maximum atomic E-state index is 11.8. The fourth-order valence-corrected chi connectivity index (χ4v) is 3.16. The van der Waals surface area contributed by atoms with Crippen LogP contribution in [0.25, 0.3) is 0 Å². The molecule has 2 rings (SSSR count). The van der Waals surface area contributed by atoms with Crippen molar-refractivity contribution in [3.8, 4) is 0 Å². The Bertz CT molecular complexity index is 270. The zero-order chi connectivity index (χ0) is 12.3. The van der Waals surface area contributed by atoms with E-state index in [4.69, 9.17) is 10.5 Å². The fourth-order valence-electron chi connectivity index (χ4n) is 3.16. The number of esters is 1. The van der Waals surface area contributed by atoms with Crippen LogP contribution in [0.15, 0.2) is 0 Å². The van der Waals surface area contributed by atoms with Gasteiger partial charge in [0.15, 0.2) is 0 Å². The summed E-state index contributed by atoms with van der Waals surface area (Å²) in [6.45, 7) is 4.41. The Kier molecular flexibility index (Phi) is 4.40. The molecule has 1 saturated heterocycles. The molecule has 0 aromatic heterocycles. The van der Waals surface area contributed by atoms with Gasteiger partial charge in [0, 0.05) is 12.6 Å². The maximum Gasteiger partial charge on any atom is 0.323 e. The molecule has 0 bridgehead atoms. The molecular formula is C13H24N2O2. The molecule has 1 aliphatic carbocycles. The molecule has 3 atom stereocenters. The Hall–Kier alpha value is -0.610. The average Bonchev–Trinajstić information content (AvgIpc) is 2.89. The highest BCUT2D eigenvalue weighted by Crippen LogP contribution is 2.28. The number of ether oxygens (including phenoxy) is 1. The van der Waals surface area contributed by atoms with E-state index in [0.717, 1.165) is 38.8 Å². The summed E-state index contributed by atoms with van der Waals surface area (Å²) in [6.07, 6.45) is 5.54. The van der Waals surface area contributed by atoms with Crippen LogP contribution in [0.3, 0.4) is 0 Å². The number of hydrogen-bond donors (Lipinski definition) is 1. The van der Waals surface area contributed by atoms with Crippen LogP contribution in [0.4, 0.5) is 0 Å². The standard InChI is InChI=1S/C13H24N2O2/c1-2-17-13(16)12-4-3-7-15(12)9-10-5-6-11(14)8-10/h10-12H,2-9,14H2,1H3. The Morgan fingerprint density at radius 1 is 1.41 bits per heavy atom. The topological polar surface area (TPSA) is 55.6 Å². The van der Waals surface area contributed by atoms with Gasteiger partial charge in [-0.05, 0) is 51.5 Å². The highest BCUT2D eigenvalue weighted by Gasteiger charge is 2.34. The molecule has 4 heteroatoms. The molecule has 0 aromatic carbocycles. The zero-order valence-electron chi connectivity index (χ0n) is 10.7. The summed E-state index contributed by atoms with van der Waals surface area (Å²) in [5.41, 5.74) is 5.93. The van der Waals surface area contributed by atoms with Crippen LogP contribution in [0.5, 0.6) is 0 Å². The van der Waals surface area contributed by atoms with Crippen molar-refractivity contribution in [3.63, 3.8) is 0 Å². The van der Waals surface area contributed by atoms with Crippen LogP contribution in [-0.2, 0) is 9.53 Å². The summed E-state index contributed by atoms with van der Waals surface area (Å²) in [4.78, 5) is 14.1. The Morgan fingerprint density at radius 2 is 2.24 bits per heavy atom. The first-order chi connectivity index (χ1) is 8.20. The molecule has 1 heterocycles. The highest BCUT2D eigenvalue weighted by atomic mass is 16.5. The summed E-state index contributed by atoms with van der Waals surface area (Å²) in [7, 11) is 0. The third kappa shape index (κ3) is 3.19. The number of nitrogens with two attached hydrogens (primary N) is 1. The van der Waals surface area contributed by atoms with Crippen LogP contribution in [0, 0.1) is 5.92 Å². The molecule has 3 unspecified atom stereocenters. The van der Waals surface area contributed by atoms with Crippen LogP contribution in [0.1, 0.15) is 39.0 Å². The second kappa shape index (κ2) is 5.83. The predicted octanol–water partition coefficient (Wildman–Crippen LogP) is 1.14. The third-order valence-electron chi connectivity index (χ3n) is 4.00. The lowest BCUT2D eigenvalue weighted by Gasteiger charge is -2.25. The molecule has 2 fully saturated rings. The van der Waals surface area contributed by atoms with Gasteiger partial charge in [-0.15, -0.1) is 0 Å². The Morgan fingerprint density at radius 3 is 2.88 bits per heavy atom. The average molecular weight is 240 g/mol. The first-order valence-corrected chi connectivity index (χ1v) is 6.87. The second-order valence-electron chi connectivity index (χ2n) is 5.34. The summed E-state index contributed by atoms with van der Waals surface area (Å²) in [5, 5.41) is 0. The Balaban J connectivity index is 1.84. The largest absolute Gasteiger partial charge is 0.465 e. The summed E-state index contributed by atoms with van der Waals surface area (Å²) in [5.74, 6) is 0.646. The first kappa shape index (κ1) is 12.8. The van der Waals surface area contributed by atoms with Crippen molar-refractivity contribution >= 4 is 5.97 Å². The van der Waals surface area contributed by atoms with E-state index in [9.17, 15) is 4.79 Å². The molecule has 98 valence electrons. The minimum atomic E-state index is -0.0349. The summed E-state index contributed by atoms with van der Waals surface area (Å²) >= 11 is 0. The normalized spacial score (nSPS) is 34.1. The van der Waals surface area contributed by atoms with E-state index in [2.05, 4.69) is 4.90 Å². The van der Waals surface area contributed by atoms with Gasteiger partial charge in [0.2, 0.25) is 0 Å². The molecule has 0 amide bonds. The van der Waals surface area contributed by atoms with Crippen molar-refractivity contribution in [3.05, 3.63) is 0 Å². The first-order valence-electron chi connectivity index (χ1n) is 6.87. The van der Waals surface area contributed by atoms with Crippen LogP contribution in [0.2, 0.25) is 0 Å².